The monoisotopic (exact) mass is 207 g/mol. The lowest BCUT2D eigenvalue weighted by atomic mass is 10.1. The van der Waals surface area contributed by atoms with Crippen LogP contribution in [-0.4, -0.2) is 34.8 Å². The summed E-state index contributed by atoms with van der Waals surface area (Å²) in [5.74, 6) is 1.43. The fourth-order valence-electron chi connectivity index (χ4n) is 2.02. The van der Waals surface area contributed by atoms with E-state index in [0.717, 1.165) is 37.6 Å². The van der Waals surface area contributed by atoms with E-state index < -0.39 is 0 Å². The molecule has 1 aliphatic heterocycles. The third-order valence-corrected chi connectivity index (χ3v) is 2.89. The first-order valence-electron chi connectivity index (χ1n) is 5.45. The van der Waals surface area contributed by atoms with Crippen molar-refractivity contribution in [3.05, 3.63) is 18.0 Å². The van der Waals surface area contributed by atoms with Crippen LogP contribution < -0.4 is 4.90 Å². The van der Waals surface area contributed by atoms with Crippen LogP contribution in [0.1, 0.15) is 18.5 Å². The highest BCUT2D eigenvalue weighted by molar-refractivity contribution is 5.31. The summed E-state index contributed by atoms with van der Waals surface area (Å²) in [4.78, 5) is 10.9. The van der Waals surface area contributed by atoms with E-state index in [-0.39, 0.29) is 6.61 Å². The molecule has 0 aromatic carbocycles. The first-order valence-corrected chi connectivity index (χ1v) is 5.45. The van der Waals surface area contributed by atoms with E-state index in [1.54, 1.807) is 6.20 Å². The van der Waals surface area contributed by atoms with E-state index in [2.05, 4.69) is 14.9 Å². The quantitative estimate of drug-likeness (QED) is 0.803. The smallest absolute Gasteiger partial charge is 0.225 e. The van der Waals surface area contributed by atoms with Gasteiger partial charge in [0.2, 0.25) is 5.95 Å². The van der Waals surface area contributed by atoms with Gasteiger partial charge in [-0.1, -0.05) is 0 Å². The van der Waals surface area contributed by atoms with Crippen molar-refractivity contribution < 1.29 is 5.11 Å². The Bertz CT molecular complexity index is 329. The number of aromatic nitrogens is 2. The second kappa shape index (κ2) is 4.57. The number of aliphatic hydroxyl groups is 1. The zero-order valence-electron chi connectivity index (χ0n) is 9.06. The van der Waals surface area contributed by atoms with Crippen molar-refractivity contribution in [3.63, 3.8) is 0 Å². The molecule has 2 rings (SSSR count). The number of aryl methyl sites for hydroxylation is 1. The third kappa shape index (κ3) is 2.45. The highest BCUT2D eigenvalue weighted by atomic mass is 16.3. The Kier molecular flexibility index (Phi) is 3.16. The number of anilines is 1. The zero-order chi connectivity index (χ0) is 10.7. The van der Waals surface area contributed by atoms with Gasteiger partial charge in [-0.25, -0.2) is 9.97 Å². The van der Waals surface area contributed by atoms with Crippen molar-refractivity contribution in [3.8, 4) is 0 Å². The highest BCUT2D eigenvalue weighted by Crippen LogP contribution is 2.22. The molecule has 1 aliphatic rings. The SMILES string of the molecule is Cc1ccnc(N2CCC(CCO)C2)n1. The largest absolute Gasteiger partial charge is 0.396 e. The summed E-state index contributed by atoms with van der Waals surface area (Å²) in [6.07, 6.45) is 3.83. The lowest BCUT2D eigenvalue weighted by molar-refractivity contribution is 0.263. The summed E-state index contributed by atoms with van der Waals surface area (Å²) in [7, 11) is 0. The average Bonchev–Trinajstić information content (AvgIpc) is 2.67. The molecule has 1 atom stereocenters. The molecule has 0 bridgehead atoms. The Hall–Kier alpha value is -1.16. The maximum Gasteiger partial charge on any atom is 0.225 e. The summed E-state index contributed by atoms with van der Waals surface area (Å²) in [5, 5.41) is 8.88. The van der Waals surface area contributed by atoms with Crippen molar-refractivity contribution in [1.82, 2.24) is 9.97 Å². The Labute approximate surface area is 90.0 Å². The van der Waals surface area contributed by atoms with E-state index in [9.17, 15) is 0 Å². The van der Waals surface area contributed by atoms with Gasteiger partial charge in [-0.3, -0.25) is 0 Å². The van der Waals surface area contributed by atoms with E-state index in [4.69, 9.17) is 5.11 Å². The van der Waals surface area contributed by atoms with E-state index in [1.165, 1.54) is 0 Å². The number of nitrogens with zero attached hydrogens (tertiary/aromatic N) is 3. The van der Waals surface area contributed by atoms with Gasteiger partial charge < -0.3 is 10.0 Å². The normalized spacial score (nSPS) is 20.9. The fourth-order valence-corrected chi connectivity index (χ4v) is 2.02. The Morgan fingerprint density at radius 1 is 1.60 bits per heavy atom. The molecule has 1 saturated heterocycles. The molecule has 0 amide bonds. The molecule has 15 heavy (non-hydrogen) atoms. The summed E-state index contributed by atoms with van der Waals surface area (Å²) in [6, 6.07) is 1.91. The molecular formula is C11H17N3O. The molecule has 1 N–H and O–H groups in total. The molecule has 0 radical (unpaired) electrons. The standard InChI is InChI=1S/C11H17N3O/c1-9-2-5-12-11(13-9)14-6-3-10(8-14)4-7-15/h2,5,10,15H,3-4,6-8H2,1H3. The predicted molar refractivity (Wildman–Crippen MR) is 58.8 cm³/mol. The first-order chi connectivity index (χ1) is 7.29. The lowest BCUT2D eigenvalue weighted by Gasteiger charge is -2.16. The van der Waals surface area contributed by atoms with Crippen LogP contribution in [0.2, 0.25) is 0 Å². The Balaban J connectivity index is 2.01. The van der Waals surface area contributed by atoms with E-state index in [0.29, 0.717) is 5.92 Å². The molecule has 1 aromatic rings. The van der Waals surface area contributed by atoms with Gasteiger partial charge >= 0.3 is 0 Å². The maximum atomic E-state index is 8.88. The van der Waals surface area contributed by atoms with Crippen LogP contribution in [0.3, 0.4) is 0 Å². The van der Waals surface area contributed by atoms with Crippen LogP contribution in [0.4, 0.5) is 5.95 Å². The van der Waals surface area contributed by atoms with Crippen molar-refractivity contribution in [1.29, 1.82) is 0 Å². The van der Waals surface area contributed by atoms with Gasteiger partial charge in [-0.2, -0.15) is 0 Å². The topological polar surface area (TPSA) is 49.2 Å². The van der Waals surface area contributed by atoms with Gasteiger partial charge in [0.05, 0.1) is 0 Å². The van der Waals surface area contributed by atoms with E-state index >= 15 is 0 Å². The minimum Gasteiger partial charge on any atom is -0.396 e. The minimum absolute atomic E-state index is 0.285. The predicted octanol–water partition coefficient (Wildman–Crippen LogP) is 0.994. The van der Waals surface area contributed by atoms with Gasteiger partial charge in [0, 0.05) is 31.6 Å². The summed E-state index contributed by atoms with van der Waals surface area (Å²) in [6.45, 7) is 4.25. The maximum absolute atomic E-state index is 8.88. The Morgan fingerprint density at radius 3 is 3.20 bits per heavy atom. The van der Waals surface area contributed by atoms with Crippen LogP contribution in [0.25, 0.3) is 0 Å². The van der Waals surface area contributed by atoms with Gasteiger partial charge in [-0.15, -0.1) is 0 Å². The molecule has 1 unspecified atom stereocenters. The average molecular weight is 207 g/mol. The van der Waals surface area contributed by atoms with Crippen LogP contribution in [-0.2, 0) is 0 Å². The molecule has 82 valence electrons. The molecule has 4 heteroatoms. The molecule has 1 fully saturated rings. The van der Waals surface area contributed by atoms with Crippen LogP contribution in [0, 0.1) is 12.8 Å². The van der Waals surface area contributed by atoms with Crippen molar-refractivity contribution in [2.24, 2.45) is 5.92 Å². The molecule has 1 aromatic heterocycles. The molecular weight excluding hydrogens is 190 g/mol. The molecule has 0 aliphatic carbocycles. The van der Waals surface area contributed by atoms with Crippen molar-refractivity contribution >= 4 is 5.95 Å². The number of rotatable bonds is 3. The summed E-state index contributed by atoms with van der Waals surface area (Å²) >= 11 is 0. The van der Waals surface area contributed by atoms with Crippen LogP contribution >= 0.6 is 0 Å². The van der Waals surface area contributed by atoms with Crippen molar-refractivity contribution in [2.45, 2.75) is 19.8 Å². The first kappa shape index (κ1) is 10.4. The molecule has 0 saturated carbocycles. The van der Waals surface area contributed by atoms with Gasteiger partial charge in [0.15, 0.2) is 0 Å². The van der Waals surface area contributed by atoms with Crippen molar-refractivity contribution in [2.75, 3.05) is 24.6 Å². The minimum atomic E-state index is 0.285. The highest BCUT2D eigenvalue weighted by Gasteiger charge is 2.23. The number of hydrogen-bond acceptors (Lipinski definition) is 4. The second-order valence-corrected chi connectivity index (χ2v) is 4.11. The lowest BCUT2D eigenvalue weighted by Crippen LogP contribution is -2.22. The summed E-state index contributed by atoms with van der Waals surface area (Å²) < 4.78 is 0. The molecule has 4 nitrogen and oxygen atoms in total. The van der Waals surface area contributed by atoms with Gasteiger partial charge in [0.1, 0.15) is 0 Å². The summed E-state index contributed by atoms with van der Waals surface area (Å²) in [5.41, 5.74) is 1.01. The van der Waals surface area contributed by atoms with Gasteiger partial charge in [0.25, 0.3) is 0 Å². The van der Waals surface area contributed by atoms with Crippen LogP contribution in [0.5, 0.6) is 0 Å². The molecule has 2 heterocycles. The fraction of sp³-hybridized carbons (Fsp3) is 0.636. The van der Waals surface area contributed by atoms with Gasteiger partial charge in [-0.05, 0) is 31.7 Å². The van der Waals surface area contributed by atoms with Crippen LogP contribution in [0.15, 0.2) is 12.3 Å². The third-order valence-electron chi connectivity index (χ3n) is 2.89. The Morgan fingerprint density at radius 2 is 2.47 bits per heavy atom. The second-order valence-electron chi connectivity index (χ2n) is 4.11. The van der Waals surface area contributed by atoms with E-state index in [1.807, 2.05) is 13.0 Å². The number of hydrogen-bond donors (Lipinski definition) is 1. The molecule has 0 spiro atoms. The number of aliphatic hydroxyl groups excluding tert-OH is 1. The zero-order valence-corrected chi connectivity index (χ0v) is 9.06.